The van der Waals surface area contributed by atoms with Crippen LogP contribution in [0.5, 0.6) is 0 Å². The molecule has 3 nitrogen and oxygen atoms in total. The summed E-state index contributed by atoms with van der Waals surface area (Å²) in [5, 5.41) is 18.7. The van der Waals surface area contributed by atoms with Crippen LogP contribution in [0.3, 0.4) is 0 Å². The number of nitrogens with zero attached hydrogens (tertiary/aromatic N) is 2. The lowest BCUT2D eigenvalue weighted by atomic mass is 9.93. The van der Waals surface area contributed by atoms with Crippen LogP contribution in [0.4, 0.5) is 18.9 Å². The van der Waals surface area contributed by atoms with Crippen molar-refractivity contribution in [3.05, 3.63) is 29.3 Å². The molecular formula is C14H15F3N2O. The molecule has 0 bridgehead atoms. The van der Waals surface area contributed by atoms with E-state index in [1.54, 1.807) is 13.0 Å². The smallest absolute Gasteiger partial charge is 0.390 e. The molecule has 1 N–H and O–H groups in total. The zero-order chi connectivity index (χ0) is 15.0. The molecule has 1 aliphatic rings. The van der Waals surface area contributed by atoms with Gasteiger partial charge >= 0.3 is 6.18 Å². The maximum absolute atomic E-state index is 12.7. The standard InChI is InChI=1S/C14H15F3N2O/c1-13(20)4-6-19(7-5-13)11-2-3-12(14(15,16)17)10(8-11)9-18/h2-3,8,20H,4-7H2,1H3. The molecule has 6 heteroatoms. The van der Waals surface area contributed by atoms with E-state index in [0.29, 0.717) is 31.6 Å². The summed E-state index contributed by atoms with van der Waals surface area (Å²) in [6.07, 6.45) is -3.42. The van der Waals surface area contributed by atoms with Gasteiger partial charge in [-0.25, -0.2) is 0 Å². The van der Waals surface area contributed by atoms with Crippen molar-refractivity contribution >= 4 is 5.69 Å². The van der Waals surface area contributed by atoms with E-state index in [9.17, 15) is 18.3 Å². The Morgan fingerprint density at radius 1 is 1.30 bits per heavy atom. The molecule has 1 saturated heterocycles. The molecule has 1 aromatic carbocycles. The Bertz CT molecular complexity index is 536. The number of anilines is 1. The Hall–Kier alpha value is -1.74. The predicted molar refractivity (Wildman–Crippen MR) is 68.2 cm³/mol. The van der Waals surface area contributed by atoms with Crippen LogP contribution < -0.4 is 4.90 Å². The summed E-state index contributed by atoms with van der Waals surface area (Å²) >= 11 is 0. The van der Waals surface area contributed by atoms with Crippen molar-refractivity contribution in [2.75, 3.05) is 18.0 Å². The summed E-state index contributed by atoms with van der Waals surface area (Å²) in [5.41, 5.74) is -1.41. The van der Waals surface area contributed by atoms with Crippen molar-refractivity contribution < 1.29 is 18.3 Å². The number of aliphatic hydroxyl groups is 1. The van der Waals surface area contributed by atoms with Crippen molar-refractivity contribution in [3.8, 4) is 6.07 Å². The fourth-order valence-corrected chi connectivity index (χ4v) is 2.32. The maximum Gasteiger partial charge on any atom is 0.417 e. The van der Waals surface area contributed by atoms with E-state index in [1.807, 2.05) is 4.90 Å². The van der Waals surface area contributed by atoms with Gasteiger partial charge in [0.15, 0.2) is 0 Å². The Kier molecular flexibility index (Phi) is 3.65. The highest BCUT2D eigenvalue weighted by Gasteiger charge is 2.34. The topological polar surface area (TPSA) is 47.3 Å². The van der Waals surface area contributed by atoms with Crippen LogP contribution in [-0.4, -0.2) is 23.8 Å². The molecule has 1 fully saturated rings. The fourth-order valence-electron chi connectivity index (χ4n) is 2.32. The first-order valence-corrected chi connectivity index (χ1v) is 6.32. The molecule has 108 valence electrons. The van der Waals surface area contributed by atoms with Gasteiger partial charge in [-0.15, -0.1) is 0 Å². The van der Waals surface area contributed by atoms with Gasteiger partial charge in [0.25, 0.3) is 0 Å². The first-order valence-electron chi connectivity index (χ1n) is 6.32. The fraction of sp³-hybridized carbons (Fsp3) is 0.500. The second-order valence-corrected chi connectivity index (χ2v) is 5.32. The van der Waals surface area contributed by atoms with Crippen LogP contribution in [0, 0.1) is 11.3 Å². The minimum absolute atomic E-state index is 0.368. The van der Waals surface area contributed by atoms with Gasteiger partial charge in [-0.2, -0.15) is 18.4 Å². The highest BCUT2D eigenvalue weighted by atomic mass is 19.4. The van der Waals surface area contributed by atoms with Crippen LogP contribution in [0.1, 0.15) is 30.9 Å². The quantitative estimate of drug-likeness (QED) is 0.862. The number of hydrogen-bond donors (Lipinski definition) is 1. The number of halogens is 3. The first-order chi connectivity index (χ1) is 9.23. The average molecular weight is 284 g/mol. The van der Waals surface area contributed by atoms with Gasteiger partial charge in [0.05, 0.1) is 22.8 Å². The minimum atomic E-state index is -4.52. The summed E-state index contributed by atoms with van der Waals surface area (Å²) in [6, 6.07) is 5.19. The Morgan fingerprint density at radius 3 is 2.40 bits per heavy atom. The third kappa shape index (κ3) is 3.05. The average Bonchev–Trinajstić information content (AvgIpc) is 2.37. The Labute approximate surface area is 115 Å². The molecule has 1 heterocycles. The van der Waals surface area contributed by atoms with E-state index in [-0.39, 0.29) is 5.56 Å². The van der Waals surface area contributed by atoms with Crippen LogP contribution in [0.2, 0.25) is 0 Å². The monoisotopic (exact) mass is 284 g/mol. The van der Waals surface area contributed by atoms with Crippen LogP contribution in [0.25, 0.3) is 0 Å². The Morgan fingerprint density at radius 2 is 1.90 bits per heavy atom. The molecule has 0 atom stereocenters. The van der Waals surface area contributed by atoms with Crippen LogP contribution in [-0.2, 0) is 6.18 Å². The SMILES string of the molecule is CC1(O)CCN(c2ccc(C(F)(F)F)c(C#N)c2)CC1. The maximum atomic E-state index is 12.7. The molecule has 0 saturated carbocycles. The van der Waals surface area contributed by atoms with E-state index >= 15 is 0 Å². The van der Waals surface area contributed by atoms with E-state index in [2.05, 4.69) is 0 Å². The van der Waals surface area contributed by atoms with Gasteiger partial charge < -0.3 is 10.0 Å². The number of benzene rings is 1. The van der Waals surface area contributed by atoms with Crippen molar-refractivity contribution in [2.45, 2.75) is 31.5 Å². The van der Waals surface area contributed by atoms with Crippen molar-refractivity contribution in [1.82, 2.24) is 0 Å². The Balaban J connectivity index is 2.26. The second-order valence-electron chi connectivity index (χ2n) is 5.32. The molecule has 1 aromatic rings. The molecule has 2 rings (SSSR count). The first kappa shape index (κ1) is 14.7. The van der Waals surface area contributed by atoms with Crippen molar-refractivity contribution in [1.29, 1.82) is 5.26 Å². The molecule has 20 heavy (non-hydrogen) atoms. The van der Waals surface area contributed by atoms with E-state index in [0.717, 1.165) is 6.07 Å². The van der Waals surface area contributed by atoms with E-state index < -0.39 is 17.3 Å². The molecule has 0 spiro atoms. The zero-order valence-electron chi connectivity index (χ0n) is 11.0. The normalized spacial score (nSPS) is 18.7. The molecule has 1 aliphatic heterocycles. The zero-order valence-corrected chi connectivity index (χ0v) is 11.0. The highest BCUT2D eigenvalue weighted by molar-refractivity contribution is 5.55. The summed E-state index contributed by atoms with van der Waals surface area (Å²) < 4.78 is 38.1. The number of nitriles is 1. The summed E-state index contributed by atoms with van der Waals surface area (Å²) in [7, 11) is 0. The molecule has 0 aromatic heterocycles. The van der Waals surface area contributed by atoms with Gasteiger partial charge in [-0.3, -0.25) is 0 Å². The van der Waals surface area contributed by atoms with Gasteiger partial charge in [-0.05, 0) is 38.0 Å². The molecule has 0 aliphatic carbocycles. The third-order valence-corrected chi connectivity index (χ3v) is 3.63. The third-order valence-electron chi connectivity index (χ3n) is 3.63. The number of rotatable bonds is 1. The summed E-state index contributed by atoms with van der Waals surface area (Å²) in [5.74, 6) is 0. The summed E-state index contributed by atoms with van der Waals surface area (Å²) in [6.45, 7) is 2.87. The lowest BCUT2D eigenvalue weighted by Crippen LogP contribution is -2.42. The lowest BCUT2D eigenvalue weighted by molar-refractivity contribution is -0.137. The van der Waals surface area contributed by atoms with E-state index in [1.165, 1.54) is 12.1 Å². The number of piperidine rings is 1. The van der Waals surface area contributed by atoms with Crippen molar-refractivity contribution in [2.24, 2.45) is 0 Å². The summed E-state index contributed by atoms with van der Waals surface area (Å²) in [4.78, 5) is 1.89. The van der Waals surface area contributed by atoms with Crippen LogP contribution in [0.15, 0.2) is 18.2 Å². The van der Waals surface area contributed by atoms with Gasteiger partial charge in [-0.1, -0.05) is 0 Å². The highest BCUT2D eigenvalue weighted by Crippen LogP contribution is 2.34. The largest absolute Gasteiger partial charge is 0.417 e. The van der Waals surface area contributed by atoms with Gasteiger partial charge in [0.2, 0.25) is 0 Å². The van der Waals surface area contributed by atoms with E-state index in [4.69, 9.17) is 5.26 Å². The lowest BCUT2D eigenvalue weighted by Gasteiger charge is -2.37. The molecule has 0 unspecified atom stereocenters. The molecule has 0 radical (unpaired) electrons. The minimum Gasteiger partial charge on any atom is -0.390 e. The number of hydrogen-bond acceptors (Lipinski definition) is 3. The van der Waals surface area contributed by atoms with Crippen LogP contribution >= 0.6 is 0 Å². The van der Waals surface area contributed by atoms with Gasteiger partial charge in [0, 0.05) is 18.8 Å². The molecule has 0 amide bonds. The van der Waals surface area contributed by atoms with Crippen molar-refractivity contribution in [3.63, 3.8) is 0 Å². The molecular weight excluding hydrogens is 269 g/mol. The predicted octanol–water partition coefficient (Wildman–Crippen LogP) is 2.93. The van der Waals surface area contributed by atoms with Gasteiger partial charge in [0.1, 0.15) is 0 Å². The second kappa shape index (κ2) is 4.98. The number of alkyl halides is 3.